The first kappa shape index (κ1) is 44.8. The summed E-state index contributed by atoms with van der Waals surface area (Å²) in [4.78, 5) is 4.85. The number of aryl methyl sites for hydroxylation is 4. The lowest BCUT2D eigenvalue weighted by Crippen LogP contribution is -2.13. The average molecular weight is 955 g/mol. The van der Waals surface area contributed by atoms with Crippen molar-refractivity contribution in [3.05, 3.63) is 241 Å². The highest BCUT2D eigenvalue weighted by molar-refractivity contribution is 6.29. The van der Waals surface area contributed by atoms with Gasteiger partial charge in [-0.05, 0) is 119 Å². The van der Waals surface area contributed by atoms with Crippen molar-refractivity contribution in [3.8, 4) is 22.3 Å². The maximum Gasteiger partial charge on any atom is 0.159 e. The van der Waals surface area contributed by atoms with Crippen LogP contribution in [0.1, 0.15) is 36.1 Å². The third kappa shape index (κ3) is 6.89. The van der Waals surface area contributed by atoms with Crippen LogP contribution < -0.4 is 9.80 Å². The molecule has 14 aromatic rings. The van der Waals surface area contributed by atoms with Crippen LogP contribution in [0.4, 0.5) is 34.1 Å². The number of hydrogen-bond acceptors (Lipinski definition) is 4. The fourth-order valence-electron chi connectivity index (χ4n) is 11.7. The molecule has 4 nitrogen and oxygen atoms in total. The molecule has 0 amide bonds. The Labute approximate surface area is 431 Å². The molecule has 0 atom stereocenters. The van der Waals surface area contributed by atoms with Crippen LogP contribution >= 0.6 is 0 Å². The van der Waals surface area contributed by atoms with Gasteiger partial charge in [-0.15, -0.1) is 0 Å². The Balaban J connectivity index is 0.00000261. The van der Waals surface area contributed by atoms with Gasteiger partial charge in [-0.2, -0.15) is 0 Å². The summed E-state index contributed by atoms with van der Waals surface area (Å²) >= 11 is 0. The van der Waals surface area contributed by atoms with Crippen molar-refractivity contribution < 1.29 is 8.83 Å². The van der Waals surface area contributed by atoms with Crippen molar-refractivity contribution in [3.63, 3.8) is 0 Å². The molecule has 0 radical (unpaired) electrons. The summed E-state index contributed by atoms with van der Waals surface area (Å²) in [6.45, 7) is 12.7. The van der Waals surface area contributed by atoms with E-state index in [1.54, 1.807) is 0 Å². The van der Waals surface area contributed by atoms with E-state index in [2.05, 4.69) is 256 Å². The van der Waals surface area contributed by atoms with Gasteiger partial charge < -0.3 is 18.6 Å². The highest BCUT2D eigenvalue weighted by atomic mass is 16.3. The second kappa shape index (κ2) is 17.9. The SMILES string of the molecule is CC.Cc1ccccc1-c1cccc2c1oc1c(N(c3ccccc3C)c3ccc4ccc5c(N(c6ccccc6C)c6cccc7c6oc6c(-c8ccccc8C)cccc67)ccc6ccc3c4c65)cccc12. The van der Waals surface area contributed by atoms with Crippen LogP contribution in [0.25, 0.3) is 98.4 Å². The third-order valence-corrected chi connectivity index (χ3v) is 15.2. The van der Waals surface area contributed by atoms with E-state index in [0.717, 1.165) is 99.9 Å². The predicted molar refractivity (Wildman–Crippen MR) is 315 cm³/mol. The van der Waals surface area contributed by atoms with E-state index < -0.39 is 0 Å². The molecule has 2 heterocycles. The second-order valence-electron chi connectivity index (χ2n) is 19.3. The Hall–Kier alpha value is -9.12. The van der Waals surface area contributed by atoms with E-state index in [0.29, 0.717) is 0 Å². The normalized spacial score (nSPS) is 11.6. The first-order chi connectivity index (χ1) is 36.4. The fraction of sp³-hybridized carbons (Fsp3) is 0.0857. The van der Waals surface area contributed by atoms with Gasteiger partial charge in [0.05, 0.1) is 22.7 Å². The largest absolute Gasteiger partial charge is 0.453 e. The Morgan fingerprint density at radius 1 is 0.243 bits per heavy atom. The lowest BCUT2D eigenvalue weighted by Gasteiger charge is -2.30. The van der Waals surface area contributed by atoms with Crippen molar-refractivity contribution in [2.45, 2.75) is 41.5 Å². The molecule has 12 aromatic carbocycles. The Kier molecular flexibility index (Phi) is 10.8. The summed E-state index contributed by atoms with van der Waals surface area (Å²) in [6, 6.07) is 79.1. The summed E-state index contributed by atoms with van der Waals surface area (Å²) in [5, 5.41) is 11.5. The van der Waals surface area contributed by atoms with Gasteiger partial charge in [-0.3, -0.25) is 0 Å². The monoisotopic (exact) mass is 954 g/mol. The van der Waals surface area contributed by atoms with Gasteiger partial charge in [0.25, 0.3) is 0 Å². The third-order valence-electron chi connectivity index (χ3n) is 15.2. The van der Waals surface area contributed by atoms with Gasteiger partial charge in [0.1, 0.15) is 11.2 Å². The first-order valence-corrected chi connectivity index (χ1v) is 25.8. The molecule has 14 rings (SSSR count). The molecular weight excluding hydrogens is 901 g/mol. The van der Waals surface area contributed by atoms with Crippen LogP contribution in [0.3, 0.4) is 0 Å². The van der Waals surface area contributed by atoms with E-state index >= 15 is 0 Å². The predicted octanol–water partition coefficient (Wildman–Crippen LogP) is 20.9. The van der Waals surface area contributed by atoms with Crippen LogP contribution in [0.15, 0.2) is 227 Å². The van der Waals surface area contributed by atoms with Gasteiger partial charge in [0.2, 0.25) is 0 Å². The Morgan fingerprint density at radius 3 is 0.973 bits per heavy atom. The molecule has 0 spiro atoms. The van der Waals surface area contributed by atoms with Crippen LogP contribution in [0, 0.1) is 27.7 Å². The van der Waals surface area contributed by atoms with E-state index in [-0.39, 0.29) is 0 Å². The molecule has 2 aromatic heterocycles. The van der Waals surface area contributed by atoms with Gasteiger partial charge in [0, 0.05) is 54.8 Å². The zero-order valence-corrected chi connectivity index (χ0v) is 42.5. The number of fused-ring (bicyclic) bond motifs is 6. The highest BCUT2D eigenvalue weighted by Gasteiger charge is 2.27. The number of nitrogens with zero attached hydrogens (tertiary/aromatic N) is 2. The number of hydrogen-bond donors (Lipinski definition) is 0. The fourth-order valence-corrected chi connectivity index (χ4v) is 11.7. The highest BCUT2D eigenvalue weighted by Crippen LogP contribution is 2.52. The number of rotatable bonds is 8. The second-order valence-corrected chi connectivity index (χ2v) is 19.3. The lowest BCUT2D eigenvalue weighted by atomic mass is 9.91. The standard InChI is InChI=1S/C68H48N2O2.C2H6/c1-41-17-5-9-21-47(41)49-23-13-25-51-53-27-15-31-61(67(53)71-65(49)51)69(57-29-11-7-19-43(57)3)59-39-35-45-34-38-56-60(40-36-46-33-37-55(59)63(45)64(46)56)70(58-30-12-8-20-44(58)4)62-32-16-28-54-52-26-14-24-50(66(52)72-68(54)62)48-22-10-6-18-42(48)2;1-2/h5-40H,1-4H3;1-2H3. The molecule has 74 heavy (non-hydrogen) atoms. The zero-order valence-electron chi connectivity index (χ0n) is 42.5. The maximum absolute atomic E-state index is 7.18. The minimum Gasteiger partial charge on any atom is -0.453 e. The summed E-state index contributed by atoms with van der Waals surface area (Å²) in [5.41, 5.74) is 19.1. The van der Waals surface area contributed by atoms with E-state index in [9.17, 15) is 0 Å². The number of furan rings is 2. The van der Waals surface area contributed by atoms with Crippen LogP contribution in [-0.2, 0) is 0 Å². The van der Waals surface area contributed by atoms with Crippen LogP contribution in [-0.4, -0.2) is 0 Å². The van der Waals surface area contributed by atoms with Gasteiger partial charge in [0.15, 0.2) is 11.2 Å². The summed E-state index contributed by atoms with van der Waals surface area (Å²) in [6.07, 6.45) is 0. The molecule has 0 unspecified atom stereocenters. The minimum atomic E-state index is 0.851. The van der Waals surface area contributed by atoms with Crippen LogP contribution in [0.5, 0.6) is 0 Å². The van der Waals surface area contributed by atoms with Crippen LogP contribution in [0.2, 0.25) is 0 Å². The van der Waals surface area contributed by atoms with Crippen molar-refractivity contribution in [2.24, 2.45) is 0 Å². The zero-order chi connectivity index (χ0) is 50.2. The molecule has 0 saturated heterocycles. The molecule has 0 saturated carbocycles. The molecule has 0 aliphatic carbocycles. The van der Waals surface area contributed by atoms with Gasteiger partial charge >= 0.3 is 0 Å². The Morgan fingerprint density at radius 2 is 0.568 bits per heavy atom. The average Bonchev–Trinajstić information content (AvgIpc) is 4.04. The van der Waals surface area contributed by atoms with Gasteiger partial charge in [-0.25, -0.2) is 0 Å². The van der Waals surface area contributed by atoms with E-state index in [4.69, 9.17) is 8.83 Å². The van der Waals surface area contributed by atoms with Crippen molar-refractivity contribution >= 4 is 110 Å². The van der Waals surface area contributed by atoms with Crippen molar-refractivity contribution in [1.29, 1.82) is 0 Å². The van der Waals surface area contributed by atoms with Crippen molar-refractivity contribution in [2.75, 3.05) is 9.80 Å². The topological polar surface area (TPSA) is 32.8 Å². The minimum absolute atomic E-state index is 0.851. The molecule has 0 bridgehead atoms. The van der Waals surface area contributed by atoms with Crippen molar-refractivity contribution in [1.82, 2.24) is 0 Å². The molecule has 4 heteroatoms. The van der Waals surface area contributed by atoms with Gasteiger partial charge in [-0.1, -0.05) is 196 Å². The number of anilines is 6. The number of para-hydroxylation sites is 6. The molecule has 0 aliphatic heterocycles. The quantitative estimate of drug-likeness (QED) is 0.142. The molecule has 0 N–H and O–H groups in total. The lowest BCUT2D eigenvalue weighted by molar-refractivity contribution is 0.670. The Bertz CT molecular complexity index is 4190. The maximum atomic E-state index is 7.18. The first-order valence-electron chi connectivity index (χ1n) is 25.8. The van der Waals surface area contributed by atoms with E-state index in [1.807, 2.05) is 13.8 Å². The van der Waals surface area contributed by atoms with E-state index in [1.165, 1.54) is 54.9 Å². The number of benzene rings is 12. The molecule has 0 aliphatic rings. The summed E-state index contributed by atoms with van der Waals surface area (Å²) in [5.74, 6) is 0. The molecule has 356 valence electrons. The molecule has 0 fully saturated rings. The molecular formula is C70H54N2O2. The summed E-state index contributed by atoms with van der Waals surface area (Å²) < 4.78 is 14.4. The summed E-state index contributed by atoms with van der Waals surface area (Å²) in [7, 11) is 0. The smallest absolute Gasteiger partial charge is 0.159 e.